The van der Waals surface area contributed by atoms with Crippen LogP contribution in [-0.2, 0) is 0 Å². The number of amides is 1. The van der Waals surface area contributed by atoms with Gasteiger partial charge in [-0.1, -0.05) is 11.8 Å². The molecule has 0 bridgehead atoms. The highest BCUT2D eigenvalue weighted by atomic mass is 19.1. The molecule has 0 heterocycles. The number of halogens is 1. The van der Waals surface area contributed by atoms with Gasteiger partial charge in [0.05, 0.1) is 12.2 Å². The Morgan fingerprint density at radius 2 is 2.05 bits per heavy atom. The minimum absolute atomic E-state index is 0.0539. The van der Waals surface area contributed by atoms with Gasteiger partial charge in [-0.25, -0.2) is 4.39 Å². The maximum Gasteiger partial charge on any atom is 0.255 e. The number of aliphatic hydroxyl groups is 1. The molecule has 0 fully saturated rings. The Labute approximate surface area is 113 Å². The summed E-state index contributed by atoms with van der Waals surface area (Å²) in [5.41, 5.74) is 0.765. The second kappa shape index (κ2) is 7.55. The van der Waals surface area contributed by atoms with Crippen LogP contribution in [0.15, 0.2) is 18.2 Å². The Kier molecular flexibility index (Phi) is 6.04. The minimum atomic E-state index is -0.426. The van der Waals surface area contributed by atoms with E-state index in [1.807, 2.05) is 13.8 Å². The second-order valence-corrected chi connectivity index (χ2v) is 3.94. The van der Waals surface area contributed by atoms with Crippen LogP contribution in [0.2, 0.25) is 0 Å². The number of aliphatic hydroxyl groups excluding tert-OH is 1. The van der Waals surface area contributed by atoms with Gasteiger partial charge in [0.15, 0.2) is 0 Å². The van der Waals surface area contributed by atoms with Crippen LogP contribution < -0.4 is 0 Å². The molecule has 1 aromatic carbocycles. The highest BCUT2D eigenvalue weighted by molar-refractivity contribution is 5.96. The molecule has 0 saturated heterocycles. The number of benzene rings is 1. The van der Waals surface area contributed by atoms with Crippen molar-refractivity contribution >= 4 is 5.91 Å². The van der Waals surface area contributed by atoms with Crippen molar-refractivity contribution in [1.82, 2.24) is 4.90 Å². The molecular formula is C15H18FNO2. The zero-order chi connectivity index (χ0) is 14.3. The van der Waals surface area contributed by atoms with E-state index in [2.05, 4.69) is 11.8 Å². The molecule has 3 nitrogen and oxygen atoms in total. The zero-order valence-corrected chi connectivity index (χ0v) is 11.2. The average molecular weight is 263 g/mol. The minimum Gasteiger partial charge on any atom is -0.395 e. The van der Waals surface area contributed by atoms with E-state index in [9.17, 15) is 9.18 Å². The van der Waals surface area contributed by atoms with Gasteiger partial charge in [-0.05, 0) is 32.0 Å². The van der Waals surface area contributed by atoms with E-state index in [0.717, 1.165) is 0 Å². The number of hydrogen-bond donors (Lipinski definition) is 1. The molecule has 4 heteroatoms. The first-order chi connectivity index (χ1) is 9.13. The molecule has 0 saturated carbocycles. The number of rotatable bonds is 4. The number of hydrogen-bond acceptors (Lipinski definition) is 2. The van der Waals surface area contributed by atoms with Crippen LogP contribution >= 0.6 is 0 Å². The molecule has 1 amide bonds. The highest BCUT2D eigenvalue weighted by Gasteiger charge is 2.16. The number of nitrogens with zero attached hydrogens (tertiary/aromatic N) is 1. The lowest BCUT2D eigenvalue weighted by Gasteiger charge is -2.19. The van der Waals surface area contributed by atoms with Crippen LogP contribution in [0.25, 0.3) is 0 Å². The van der Waals surface area contributed by atoms with Crippen LogP contribution in [0.4, 0.5) is 4.39 Å². The summed E-state index contributed by atoms with van der Waals surface area (Å²) < 4.78 is 13.2. The zero-order valence-electron chi connectivity index (χ0n) is 11.2. The summed E-state index contributed by atoms with van der Waals surface area (Å²) in [5, 5.41) is 8.69. The third kappa shape index (κ3) is 4.08. The Bertz CT molecular complexity index is 499. The topological polar surface area (TPSA) is 40.5 Å². The molecular weight excluding hydrogens is 245 g/mol. The molecule has 1 aromatic rings. The van der Waals surface area contributed by atoms with Crippen molar-refractivity contribution in [2.45, 2.75) is 20.3 Å². The largest absolute Gasteiger partial charge is 0.395 e. The van der Waals surface area contributed by atoms with Crippen molar-refractivity contribution in [2.75, 3.05) is 19.7 Å². The average Bonchev–Trinajstić information content (AvgIpc) is 2.40. The Hall–Kier alpha value is -1.86. The first-order valence-electron chi connectivity index (χ1n) is 6.32. The highest BCUT2D eigenvalue weighted by Crippen LogP contribution is 2.13. The van der Waals surface area contributed by atoms with Crippen LogP contribution in [0, 0.1) is 17.7 Å². The predicted octanol–water partition coefficient (Wildman–Crippen LogP) is 2.04. The molecule has 1 rings (SSSR count). The van der Waals surface area contributed by atoms with E-state index >= 15 is 0 Å². The number of carbonyl (C=O) groups is 1. The van der Waals surface area contributed by atoms with Gasteiger partial charge in [-0.3, -0.25) is 4.79 Å². The van der Waals surface area contributed by atoms with Gasteiger partial charge in [0.25, 0.3) is 5.91 Å². The fourth-order valence-electron chi connectivity index (χ4n) is 1.70. The smallest absolute Gasteiger partial charge is 0.255 e. The van der Waals surface area contributed by atoms with Crippen LogP contribution in [0.5, 0.6) is 0 Å². The van der Waals surface area contributed by atoms with Crippen molar-refractivity contribution in [1.29, 1.82) is 0 Å². The van der Waals surface area contributed by atoms with Gasteiger partial charge in [0, 0.05) is 25.1 Å². The SMILES string of the molecule is CCN(CC)C(=O)c1ccc(F)cc1C#CCCO. The fourth-order valence-corrected chi connectivity index (χ4v) is 1.70. The summed E-state index contributed by atoms with van der Waals surface area (Å²) >= 11 is 0. The first kappa shape index (κ1) is 15.2. The molecule has 0 spiro atoms. The standard InChI is InChI=1S/C15H18FNO2/c1-3-17(4-2)15(19)14-9-8-13(16)11-12(14)7-5-6-10-18/h8-9,11,18H,3-4,6,10H2,1-2H3. The molecule has 19 heavy (non-hydrogen) atoms. The lowest BCUT2D eigenvalue weighted by atomic mass is 10.1. The lowest BCUT2D eigenvalue weighted by Crippen LogP contribution is -2.31. The van der Waals surface area contributed by atoms with Crippen LogP contribution in [0.3, 0.4) is 0 Å². The molecule has 102 valence electrons. The summed E-state index contributed by atoms with van der Waals surface area (Å²) in [4.78, 5) is 13.9. The molecule has 0 aromatic heterocycles. The van der Waals surface area contributed by atoms with Crippen molar-refractivity contribution in [3.05, 3.63) is 35.1 Å². The Morgan fingerprint density at radius 1 is 1.37 bits per heavy atom. The molecule has 0 unspecified atom stereocenters. The van der Waals surface area contributed by atoms with Gasteiger partial charge in [-0.15, -0.1) is 0 Å². The maximum atomic E-state index is 13.2. The van der Waals surface area contributed by atoms with Crippen LogP contribution in [0.1, 0.15) is 36.2 Å². The number of carbonyl (C=O) groups excluding carboxylic acids is 1. The van der Waals surface area contributed by atoms with E-state index in [0.29, 0.717) is 30.6 Å². The summed E-state index contributed by atoms with van der Waals surface area (Å²) in [5.74, 6) is 4.87. The third-order valence-electron chi connectivity index (χ3n) is 2.72. The molecule has 1 N–H and O–H groups in total. The van der Waals surface area contributed by atoms with Crippen molar-refractivity contribution in [2.24, 2.45) is 0 Å². The van der Waals surface area contributed by atoms with Gasteiger partial charge in [0.2, 0.25) is 0 Å². The lowest BCUT2D eigenvalue weighted by molar-refractivity contribution is 0.0772. The summed E-state index contributed by atoms with van der Waals surface area (Å²) in [6.07, 6.45) is 0.301. The first-order valence-corrected chi connectivity index (χ1v) is 6.32. The second-order valence-electron chi connectivity index (χ2n) is 3.94. The van der Waals surface area contributed by atoms with Gasteiger partial charge < -0.3 is 10.0 Å². The predicted molar refractivity (Wildman–Crippen MR) is 72.2 cm³/mol. The Morgan fingerprint density at radius 3 is 2.63 bits per heavy atom. The maximum absolute atomic E-state index is 13.2. The van der Waals surface area contributed by atoms with E-state index in [4.69, 9.17) is 5.11 Å². The molecule has 0 aliphatic heterocycles. The van der Waals surface area contributed by atoms with Crippen molar-refractivity contribution < 1.29 is 14.3 Å². The molecule has 0 atom stereocenters. The molecule has 0 aliphatic rings. The van der Waals surface area contributed by atoms with Gasteiger partial charge in [-0.2, -0.15) is 0 Å². The van der Waals surface area contributed by atoms with E-state index in [1.165, 1.54) is 18.2 Å². The van der Waals surface area contributed by atoms with E-state index in [1.54, 1.807) is 4.90 Å². The summed E-state index contributed by atoms with van der Waals surface area (Å²) in [6, 6.07) is 3.97. The van der Waals surface area contributed by atoms with Crippen LogP contribution in [-0.4, -0.2) is 35.6 Å². The van der Waals surface area contributed by atoms with E-state index < -0.39 is 5.82 Å². The molecule has 0 aliphatic carbocycles. The van der Waals surface area contributed by atoms with Crippen molar-refractivity contribution in [3.8, 4) is 11.8 Å². The van der Waals surface area contributed by atoms with Gasteiger partial charge in [0.1, 0.15) is 5.82 Å². The van der Waals surface area contributed by atoms with Crippen molar-refractivity contribution in [3.63, 3.8) is 0 Å². The van der Waals surface area contributed by atoms with E-state index in [-0.39, 0.29) is 12.5 Å². The Balaban J connectivity index is 3.13. The van der Waals surface area contributed by atoms with Gasteiger partial charge >= 0.3 is 0 Å². The third-order valence-corrected chi connectivity index (χ3v) is 2.72. The molecule has 0 radical (unpaired) electrons. The fraction of sp³-hybridized carbons (Fsp3) is 0.400. The monoisotopic (exact) mass is 263 g/mol. The normalized spacial score (nSPS) is 9.68. The summed E-state index contributed by atoms with van der Waals surface area (Å²) in [6.45, 7) is 4.91. The summed E-state index contributed by atoms with van der Waals surface area (Å²) in [7, 11) is 0. The quantitative estimate of drug-likeness (QED) is 0.845.